The van der Waals surface area contributed by atoms with Crippen LogP contribution in [-0.2, 0) is 22.6 Å². The summed E-state index contributed by atoms with van der Waals surface area (Å²) in [5.74, 6) is 0.248. The van der Waals surface area contributed by atoms with E-state index in [4.69, 9.17) is 0 Å². The molecule has 5 nitrogen and oxygen atoms in total. The summed E-state index contributed by atoms with van der Waals surface area (Å²) in [6.45, 7) is 12.0. The van der Waals surface area contributed by atoms with E-state index in [0.29, 0.717) is 13.0 Å². The fraction of sp³-hybridized carbons (Fsp3) is 0.481. The molecule has 3 atom stereocenters. The van der Waals surface area contributed by atoms with Crippen LogP contribution in [0.25, 0.3) is 10.9 Å². The van der Waals surface area contributed by atoms with Gasteiger partial charge in [-0.05, 0) is 64.7 Å². The summed E-state index contributed by atoms with van der Waals surface area (Å²) in [4.78, 5) is 31.0. The maximum Gasteiger partial charge on any atom is 0.246 e. The van der Waals surface area contributed by atoms with Gasteiger partial charge in [0.05, 0.1) is 6.04 Å². The van der Waals surface area contributed by atoms with E-state index in [2.05, 4.69) is 69.5 Å². The van der Waals surface area contributed by atoms with Gasteiger partial charge in [-0.1, -0.05) is 35.4 Å². The highest BCUT2D eigenvalue weighted by Gasteiger charge is 2.52. The van der Waals surface area contributed by atoms with Gasteiger partial charge < -0.3 is 14.4 Å². The number of aromatic nitrogens is 1. The summed E-state index contributed by atoms with van der Waals surface area (Å²) in [6.07, 6.45) is 6.72. The number of benzene rings is 1. The van der Waals surface area contributed by atoms with Crippen molar-refractivity contribution < 1.29 is 9.59 Å². The minimum absolute atomic E-state index is 0.121. The Kier molecular flexibility index (Phi) is 5.03. The van der Waals surface area contributed by atoms with Gasteiger partial charge in [-0.2, -0.15) is 0 Å². The van der Waals surface area contributed by atoms with Crippen LogP contribution in [0.4, 0.5) is 0 Å². The molecule has 0 spiro atoms. The molecule has 2 saturated heterocycles. The van der Waals surface area contributed by atoms with Gasteiger partial charge in [0.15, 0.2) is 0 Å². The SMILES string of the molecule is CC(C)=CCn1c2c(c3ccc(C)cc31)C[C@H]1C(=O)N3CCC[C@H]3C(=O)N1[C@H]2C=C(C)C. The first-order valence-electron chi connectivity index (χ1n) is 11.8. The number of aryl methyl sites for hydroxylation is 1. The Balaban J connectivity index is 1.77. The molecule has 2 fully saturated rings. The third-order valence-electron chi connectivity index (χ3n) is 7.22. The first-order valence-corrected chi connectivity index (χ1v) is 11.8. The second-order valence-corrected chi connectivity index (χ2v) is 10.1. The maximum absolute atomic E-state index is 13.7. The Bertz CT molecular complexity index is 1180. The van der Waals surface area contributed by atoms with Crippen molar-refractivity contribution in [3.63, 3.8) is 0 Å². The number of allylic oxidation sites excluding steroid dienone is 3. The molecule has 2 aromatic rings. The topological polar surface area (TPSA) is 45.6 Å². The van der Waals surface area contributed by atoms with Crippen molar-refractivity contribution in [2.45, 2.75) is 78.6 Å². The fourth-order valence-corrected chi connectivity index (χ4v) is 5.81. The van der Waals surface area contributed by atoms with Gasteiger partial charge in [0.1, 0.15) is 12.1 Å². The first-order chi connectivity index (χ1) is 15.3. The van der Waals surface area contributed by atoms with Gasteiger partial charge in [0, 0.05) is 36.1 Å². The number of hydrogen-bond acceptors (Lipinski definition) is 2. The number of carbonyl (C=O) groups excluding carboxylic acids is 2. The van der Waals surface area contributed by atoms with Crippen molar-refractivity contribution in [3.8, 4) is 0 Å². The average Bonchev–Trinajstić information content (AvgIpc) is 3.33. The van der Waals surface area contributed by atoms with Gasteiger partial charge in [-0.25, -0.2) is 0 Å². The molecule has 3 aliphatic rings. The van der Waals surface area contributed by atoms with E-state index < -0.39 is 6.04 Å². The molecule has 0 N–H and O–H groups in total. The molecule has 168 valence electrons. The molecule has 0 bridgehead atoms. The summed E-state index contributed by atoms with van der Waals surface area (Å²) >= 11 is 0. The van der Waals surface area contributed by atoms with Crippen molar-refractivity contribution in [3.05, 3.63) is 58.3 Å². The lowest BCUT2D eigenvalue weighted by Gasteiger charge is -2.48. The highest BCUT2D eigenvalue weighted by molar-refractivity contribution is 5.99. The van der Waals surface area contributed by atoms with Crippen LogP contribution in [0.1, 0.15) is 63.4 Å². The van der Waals surface area contributed by atoms with E-state index >= 15 is 0 Å². The fourth-order valence-electron chi connectivity index (χ4n) is 5.81. The van der Waals surface area contributed by atoms with Crippen LogP contribution < -0.4 is 0 Å². The molecular weight excluding hydrogens is 398 g/mol. The zero-order chi connectivity index (χ0) is 22.7. The van der Waals surface area contributed by atoms with E-state index in [1.807, 2.05) is 9.80 Å². The lowest BCUT2D eigenvalue weighted by Crippen LogP contribution is -2.65. The van der Waals surface area contributed by atoms with Crippen molar-refractivity contribution >= 4 is 22.7 Å². The number of hydrogen-bond donors (Lipinski definition) is 0. The monoisotopic (exact) mass is 431 g/mol. The number of fused-ring (bicyclic) bond motifs is 5. The Morgan fingerprint density at radius 2 is 1.84 bits per heavy atom. The Morgan fingerprint density at radius 1 is 1.06 bits per heavy atom. The summed E-state index contributed by atoms with van der Waals surface area (Å²) < 4.78 is 2.38. The molecule has 3 aliphatic heterocycles. The van der Waals surface area contributed by atoms with E-state index in [1.165, 1.54) is 33.3 Å². The van der Waals surface area contributed by atoms with E-state index in [-0.39, 0.29) is 23.9 Å². The number of piperazine rings is 1. The summed E-state index contributed by atoms with van der Waals surface area (Å²) in [7, 11) is 0. The Hall–Kier alpha value is -2.82. The number of carbonyl (C=O) groups is 2. The molecule has 0 aliphatic carbocycles. The smallest absolute Gasteiger partial charge is 0.246 e. The zero-order valence-electron chi connectivity index (χ0n) is 19.8. The average molecular weight is 432 g/mol. The van der Waals surface area contributed by atoms with Crippen LogP contribution in [0.3, 0.4) is 0 Å². The number of amides is 2. The lowest BCUT2D eigenvalue weighted by molar-refractivity contribution is -0.162. The molecule has 5 rings (SSSR count). The molecule has 1 aromatic heterocycles. The number of rotatable bonds is 3. The van der Waals surface area contributed by atoms with Gasteiger partial charge in [0.2, 0.25) is 11.8 Å². The largest absolute Gasteiger partial charge is 0.338 e. The van der Waals surface area contributed by atoms with Crippen LogP contribution in [0.2, 0.25) is 0 Å². The van der Waals surface area contributed by atoms with Gasteiger partial charge in [-0.15, -0.1) is 0 Å². The third-order valence-corrected chi connectivity index (χ3v) is 7.22. The molecule has 2 amide bonds. The molecular formula is C27H33N3O2. The standard InChI is InChI=1S/C27H33N3O2/c1-16(2)10-12-28-22-14-18(5)8-9-19(22)20-15-24-26(31)29-11-6-7-21(29)27(32)30(24)23(25(20)28)13-17(3)4/h8-10,13-14,21,23-24H,6-7,11-12,15H2,1-5H3/t21-,23-,24-/m0/s1. The molecule has 32 heavy (non-hydrogen) atoms. The van der Waals surface area contributed by atoms with Crippen molar-refractivity contribution in [2.75, 3.05) is 6.54 Å². The molecule has 5 heteroatoms. The van der Waals surface area contributed by atoms with Crippen molar-refractivity contribution in [2.24, 2.45) is 0 Å². The van der Waals surface area contributed by atoms with Crippen molar-refractivity contribution in [1.29, 1.82) is 0 Å². The first kappa shape index (κ1) is 21.0. The second-order valence-electron chi connectivity index (χ2n) is 10.1. The maximum atomic E-state index is 13.7. The normalized spacial score (nSPS) is 24.3. The van der Waals surface area contributed by atoms with Crippen LogP contribution >= 0.6 is 0 Å². The third kappa shape index (κ3) is 3.13. The van der Waals surface area contributed by atoms with Crippen molar-refractivity contribution in [1.82, 2.24) is 14.4 Å². The highest BCUT2D eigenvalue weighted by atomic mass is 16.2. The van der Waals surface area contributed by atoms with Gasteiger partial charge >= 0.3 is 0 Å². The van der Waals surface area contributed by atoms with E-state index in [9.17, 15) is 9.59 Å². The quantitative estimate of drug-likeness (QED) is 0.663. The summed E-state index contributed by atoms with van der Waals surface area (Å²) in [6, 6.07) is 5.69. The van der Waals surface area contributed by atoms with E-state index in [1.54, 1.807) is 0 Å². The Morgan fingerprint density at radius 3 is 2.56 bits per heavy atom. The molecule has 0 radical (unpaired) electrons. The minimum atomic E-state index is -0.409. The predicted octanol–water partition coefficient (Wildman–Crippen LogP) is 4.68. The van der Waals surface area contributed by atoms with Crippen LogP contribution in [0, 0.1) is 6.92 Å². The Labute approximate surface area is 190 Å². The second kappa shape index (κ2) is 7.65. The van der Waals surface area contributed by atoms with Gasteiger partial charge in [0.25, 0.3) is 0 Å². The number of nitrogens with zero attached hydrogens (tertiary/aromatic N) is 3. The van der Waals surface area contributed by atoms with Gasteiger partial charge in [-0.3, -0.25) is 9.59 Å². The zero-order valence-corrected chi connectivity index (χ0v) is 19.8. The predicted molar refractivity (Wildman–Crippen MR) is 127 cm³/mol. The lowest BCUT2D eigenvalue weighted by atomic mass is 9.87. The van der Waals surface area contributed by atoms with Crippen LogP contribution in [-0.4, -0.2) is 44.8 Å². The molecule has 4 heterocycles. The highest BCUT2D eigenvalue weighted by Crippen LogP contribution is 2.44. The molecule has 0 unspecified atom stereocenters. The molecule has 0 saturated carbocycles. The summed E-state index contributed by atoms with van der Waals surface area (Å²) in [5.41, 5.74) is 7.24. The van der Waals surface area contributed by atoms with E-state index in [0.717, 1.165) is 25.0 Å². The van der Waals surface area contributed by atoms with Crippen LogP contribution in [0.5, 0.6) is 0 Å². The van der Waals surface area contributed by atoms with Crippen LogP contribution in [0.15, 0.2) is 41.5 Å². The molecule has 1 aromatic carbocycles. The summed E-state index contributed by atoms with van der Waals surface area (Å²) in [5, 5.41) is 1.21. The minimum Gasteiger partial charge on any atom is -0.338 e.